The Morgan fingerprint density at radius 3 is 2.74 bits per heavy atom. The Morgan fingerprint density at radius 1 is 1.42 bits per heavy atom. The molecule has 0 aliphatic rings. The van der Waals surface area contributed by atoms with Crippen LogP contribution in [0.4, 0.5) is 11.4 Å². The summed E-state index contributed by atoms with van der Waals surface area (Å²) in [7, 11) is 0. The van der Waals surface area contributed by atoms with E-state index in [-0.39, 0.29) is 0 Å². The second kappa shape index (κ2) is 7.10. The van der Waals surface area contributed by atoms with E-state index < -0.39 is 5.91 Å². The Balaban J connectivity index is 2.48. The van der Waals surface area contributed by atoms with E-state index in [0.29, 0.717) is 17.8 Å². The molecule has 0 aromatic heterocycles. The molecule has 0 saturated heterocycles. The highest BCUT2D eigenvalue weighted by Gasteiger charge is 2.04. The number of nitrogen functional groups attached to an aromatic ring is 1. The molecule has 0 fully saturated rings. The summed E-state index contributed by atoms with van der Waals surface area (Å²) in [5.41, 5.74) is 13.8. The van der Waals surface area contributed by atoms with Gasteiger partial charge < -0.3 is 22.1 Å². The van der Waals surface area contributed by atoms with Gasteiger partial charge in [0.25, 0.3) is 0 Å². The molecule has 6 N–H and O–H groups in total. The van der Waals surface area contributed by atoms with Gasteiger partial charge >= 0.3 is 0 Å². The Morgan fingerprint density at radius 2 is 2.16 bits per heavy atom. The van der Waals surface area contributed by atoms with Gasteiger partial charge in [0, 0.05) is 24.4 Å². The van der Waals surface area contributed by atoms with Gasteiger partial charge in [-0.25, -0.2) is 0 Å². The van der Waals surface area contributed by atoms with Crippen LogP contribution in [0.5, 0.6) is 0 Å². The van der Waals surface area contributed by atoms with Crippen LogP contribution in [0.15, 0.2) is 42.6 Å². The molecule has 0 saturated carbocycles. The maximum atomic E-state index is 11.0. The van der Waals surface area contributed by atoms with Crippen molar-refractivity contribution in [1.29, 1.82) is 0 Å². The van der Waals surface area contributed by atoms with Crippen LogP contribution in [-0.4, -0.2) is 19.0 Å². The lowest BCUT2D eigenvalue weighted by Gasteiger charge is -2.11. The van der Waals surface area contributed by atoms with Gasteiger partial charge in [0.15, 0.2) is 0 Å². The fourth-order valence-electron chi connectivity index (χ4n) is 1.57. The lowest BCUT2D eigenvalue weighted by molar-refractivity contribution is 0.100. The number of carbonyl (C=O) groups excluding carboxylic acids is 1. The molecular weight excluding hydrogens is 240 g/mol. The number of allylic oxidation sites excluding steroid dienone is 3. The molecule has 1 aromatic rings. The maximum absolute atomic E-state index is 11.0. The summed E-state index contributed by atoms with van der Waals surface area (Å²) >= 11 is 0. The van der Waals surface area contributed by atoms with Crippen LogP contribution in [0.25, 0.3) is 0 Å². The second-order valence-corrected chi connectivity index (χ2v) is 4.11. The monoisotopic (exact) mass is 260 g/mol. The summed E-state index contributed by atoms with van der Waals surface area (Å²) in [6.07, 6.45) is 3.63. The number of carbonyl (C=O) groups is 1. The lowest BCUT2D eigenvalue weighted by atomic mass is 10.1. The molecule has 102 valence electrons. The summed E-state index contributed by atoms with van der Waals surface area (Å²) in [4.78, 5) is 11.0. The molecule has 5 heteroatoms. The third-order valence-electron chi connectivity index (χ3n) is 2.55. The number of anilines is 2. The minimum absolute atomic E-state index is 0.408. The number of hydrogen-bond acceptors (Lipinski definition) is 4. The van der Waals surface area contributed by atoms with Crippen LogP contribution in [0.2, 0.25) is 0 Å². The second-order valence-electron chi connectivity index (χ2n) is 4.11. The van der Waals surface area contributed by atoms with Gasteiger partial charge in [-0.05, 0) is 31.2 Å². The lowest BCUT2D eigenvalue weighted by Crippen LogP contribution is -2.21. The maximum Gasteiger partial charge on any atom is 0.248 e. The minimum Gasteiger partial charge on any atom is -0.397 e. The first kappa shape index (κ1) is 14.6. The van der Waals surface area contributed by atoms with Crippen molar-refractivity contribution in [2.45, 2.75) is 6.92 Å². The molecule has 1 amide bonds. The van der Waals surface area contributed by atoms with Gasteiger partial charge in [-0.1, -0.05) is 12.7 Å². The van der Waals surface area contributed by atoms with Crippen LogP contribution in [0.3, 0.4) is 0 Å². The molecule has 0 heterocycles. The van der Waals surface area contributed by atoms with Gasteiger partial charge in [-0.15, -0.1) is 0 Å². The van der Waals surface area contributed by atoms with Gasteiger partial charge in [0.2, 0.25) is 5.91 Å². The molecule has 0 spiro atoms. The number of rotatable bonds is 7. The number of nitrogens with two attached hydrogens (primary N) is 2. The number of amides is 1. The van der Waals surface area contributed by atoms with E-state index in [1.165, 1.54) is 0 Å². The topological polar surface area (TPSA) is 93.2 Å². The summed E-state index contributed by atoms with van der Waals surface area (Å²) in [5.74, 6) is -0.481. The Hall–Kier alpha value is -2.43. The highest BCUT2D eigenvalue weighted by molar-refractivity contribution is 5.94. The molecule has 0 bridgehead atoms. The Kier molecular flexibility index (Phi) is 5.47. The molecule has 0 aliphatic carbocycles. The molecule has 0 radical (unpaired) electrons. The van der Waals surface area contributed by atoms with E-state index in [4.69, 9.17) is 11.5 Å². The first-order valence-electron chi connectivity index (χ1n) is 6.01. The van der Waals surface area contributed by atoms with Crippen molar-refractivity contribution in [3.8, 4) is 0 Å². The fraction of sp³-hybridized carbons (Fsp3) is 0.214. The van der Waals surface area contributed by atoms with E-state index in [9.17, 15) is 4.79 Å². The van der Waals surface area contributed by atoms with E-state index in [1.54, 1.807) is 24.3 Å². The Labute approximate surface area is 113 Å². The van der Waals surface area contributed by atoms with Gasteiger partial charge in [-0.2, -0.15) is 0 Å². The standard InChI is InChI=1S/C14H20N4O/c1-3-4-10(2)17-7-8-18-13-6-5-11(14(16)19)9-12(13)15/h3-6,9,17-18H,1,7-8,15H2,2H3,(H2,16,19)/b10-4+. The molecule has 0 unspecified atom stereocenters. The van der Waals surface area contributed by atoms with E-state index in [1.807, 2.05) is 13.0 Å². The summed E-state index contributed by atoms with van der Waals surface area (Å²) < 4.78 is 0. The zero-order valence-electron chi connectivity index (χ0n) is 11.1. The predicted molar refractivity (Wildman–Crippen MR) is 79.8 cm³/mol. The van der Waals surface area contributed by atoms with Crippen LogP contribution in [0, 0.1) is 0 Å². The Bertz CT molecular complexity index is 494. The van der Waals surface area contributed by atoms with Crippen molar-refractivity contribution in [1.82, 2.24) is 5.32 Å². The summed E-state index contributed by atoms with van der Waals surface area (Å²) in [5, 5.41) is 6.40. The first-order chi connectivity index (χ1) is 9.04. The third kappa shape index (κ3) is 4.75. The molecule has 1 rings (SSSR count). The first-order valence-corrected chi connectivity index (χ1v) is 6.01. The van der Waals surface area contributed by atoms with Crippen molar-refractivity contribution in [2.75, 3.05) is 24.1 Å². The molecule has 19 heavy (non-hydrogen) atoms. The van der Waals surface area contributed by atoms with Crippen LogP contribution in [-0.2, 0) is 0 Å². The van der Waals surface area contributed by atoms with Gasteiger partial charge in [0.05, 0.1) is 11.4 Å². The largest absolute Gasteiger partial charge is 0.397 e. The number of primary amides is 1. The van der Waals surface area contributed by atoms with Crippen molar-refractivity contribution in [3.63, 3.8) is 0 Å². The molecule has 0 aliphatic heterocycles. The zero-order chi connectivity index (χ0) is 14.3. The van der Waals surface area contributed by atoms with Gasteiger partial charge in [-0.3, -0.25) is 4.79 Å². The van der Waals surface area contributed by atoms with E-state index >= 15 is 0 Å². The molecule has 5 nitrogen and oxygen atoms in total. The number of benzene rings is 1. The SMILES string of the molecule is C=C/C=C(\C)NCCNc1ccc(C(N)=O)cc1N. The average Bonchev–Trinajstić information content (AvgIpc) is 2.36. The van der Waals surface area contributed by atoms with Crippen molar-refractivity contribution in [2.24, 2.45) is 5.73 Å². The fourth-order valence-corrected chi connectivity index (χ4v) is 1.57. The summed E-state index contributed by atoms with van der Waals surface area (Å²) in [6.45, 7) is 7.06. The smallest absolute Gasteiger partial charge is 0.248 e. The average molecular weight is 260 g/mol. The minimum atomic E-state index is -0.481. The third-order valence-corrected chi connectivity index (χ3v) is 2.55. The quantitative estimate of drug-likeness (QED) is 0.339. The number of hydrogen-bond donors (Lipinski definition) is 4. The highest BCUT2D eigenvalue weighted by Crippen LogP contribution is 2.19. The summed E-state index contributed by atoms with van der Waals surface area (Å²) in [6, 6.07) is 4.97. The highest BCUT2D eigenvalue weighted by atomic mass is 16.1. The molecule has 1 aromatic carbocycles. The van der Waals surface area contributed by atoms with Crippen LogP contribution >= 0.6 is 0 Å². The zero-order valence-corrected chi connectivity index (χ0v) is 11.1. The predicted octanol–water partition coefficient (Wildman–Crippen LogP) is 1.46. The van der Waals surface area contributed by atoms with Crippen molar-refractivity contribution >= 4 is 17.3 Å². The molecular formula is C14H20N4O. The van der Waals surface area contributed by atoms with Crippen molar-refractivity contribution < 1.29 is 4.79 Å². The van der Waals surface area contributed by atoms with Crippen LogP contribution in [0.1, 0.15) is 17.3 Å². The van der Waals surface area contributed by atoms with Crippen molar-refractivity contribution in [3.05, 3.63) is 48.2 Å². The van der Waals surface area contributed by atoms with E-state index in [0.717, 1.165) is 17.9 Å². The molecule has 0 atom stereocenters. The normalized spacial score (nSPS) is 10.9. The van der Waals surface area contributed by atoms with E-state index in [2.05, 4.69) is 17.2 Å². The van der Waals surface area contributed by atoms with Crippen LogP contribution < -0.4 is 22.1 Å². The van der Waals surface area contributed by atoms with Gasteiger partial charge in [0.1, 0.15) is 0 Å². The number of nitrogens with one attached hydrogen (secondary N) is 2.